The first-order chi connectivity index (χ1) is 11.4. The second-order valence-corrected chi connectivity index (χ2v) is 6.17. The van der Waals surface area contributed by atoms with E-state index in [-0.39, 0.29) is 18.4 Å². The SMILES string of the molecule is CC(=O)N(CCc1cccc(Cl)c1)CC(=O)Nc1ccc(C)cc1. The summed E-state index contributed by atoms with van der Waals surface area (Å²) in [5.74, 6) is -0.337. The fraction of sp³-hybridized carbons (Fsp3) is 0.263. The molecule has 126 valence electrons. The Hall–Kier alpha value is -2.33. The van der Waals surface area contributed by atoms with Crippen LogP contribution in [-0.2, 0) is 16.0 Å². The molecule has 0 fully saturated rings. The van der Waals surface area contributed by atoms with Gasteiger partial charge in [-0.15, -0.1) is 0 Å². The molecule has 0 radical (unpaired) electrons. The Labute approximate surface area is 147 Å². The van der Waals surface area contributed by atoms with Gasteiger partial charge in [0.25, 0.3) is 0 Å². The molecule has 24 heavy (non-hydrogen) atoms. The summed E-state index contributed by atoms with van der Waals surface area (Å²) in [6.45, 7) is 3.96. The van der Waals surface area contributed by atoms with E-state index in [9.17, 15) is 9.59 Å². The first-order valence-corrected chi connectivity index (χ1v) is 8.18. The summed E-state index contributed by atoms with van der Waals surface area (Å²) in [6, 6.07) is 15.1. The number of halogens is 1. The van der Waals surface area contributed by atoms with E-state index in [0.717, 1.165) is 16.8 Å². The maximum Gasteiger partial charge on any atom is 0.243 e. The molecule has 1 N–H and O–H groups in total. The van der Waals surface area contributed by atoms with Crippen LogP contribution in [0.2, 0.25) is 5.02 Å². The summed E-state index contributed by atoms with van der Waals surface area (Å²) in [4.78, 5) is 25.5. The van der Waals surface area contributed by atoms with Crippen molar-refractivity contribution in [3.63, 3.8) is 0 Å². The first kappa shape index (κ1) is 18.0. The fourth-order valence-electron chi connectivity index (χ4n) is 2.32. The Balaban J connectivity index is 1.91. The highest BCUT2D eigenvalue weighted by atomic mass is 35.5. The molecule has 0 aromatic heterocycles. The Morgan fingerprint density at radius 1 is 1.12 bits per heavy atom. The largest absolute Gasteiger partial charge is 0.333 e. The van der Waals surface area contributed by atoms with Gasteiger partial charge in [-0.25, -0.2) is 0 Å². The molecule has 5 heteroatoms. The molecule has 0 saturated carbocycles. The summed E-state index contributed by atoms with van der Waals surface area (Å²) in [5, 5.41) is 3.47. The lowest BCUT2D eigenvalue weighted by Crippen LogP contribution is -2.38. The highest BCUT2D eigenvalue weighted by Crippen LogP contribution is 2.12. The van der Waals surface area contributed by atoms with Gasteiger partial charge in [-0.05, 0) is 43.2 Å². The van der Waals surface area contributed by atoms with Crippen molar-refractivity contribution in [3.05, 3.63) is 64.7 Å². The van der Waals surface area contributed by atoms with Gasteiger partial charge in [-0.3, -0.25) is 9.59 Å². The molecule has 0 aliphatic rings. The quantitative estimate of drug-likeness (QED) is 0.869. The van der Waals surface area contributed by atoms with E-state index in [1.54, 1.807) is 0 Å². The van der Waals surface area contributed by atoms with Gasteiger partial charge < -0.3 is 10.2 Å². The topological polar surface area (TPSA) is 49.4 Å². The molecule has 2 aromatic rings. The van der Waals surface area contributed by atoms with Gasteiger partial charge in [-0.1, -0.05) is 41.4 Å². The highest BCUT2D eigenvalue weighted by Gasteiger charge is 2.14. The molecule has 0 bridgehead atoms. The smallest absolute Gasteiger partial charge is 0.243 e. The number of hydrogen-bond donors (Lipinski definition) is 1. The third-order valence-electron chi connectivity index (χ3n) is 3.67. The number of nitrogens with one attached hydrogen (secondary N) is 1. The summed E-state index contributed by atoms with van der Waals surface area (Å²) in [6.07, 6.45) is 0.651. The van der Waals surface area contributed by atoms with E-state index in [1.807, 2.05) is 55.5 Å². The number of aryl methyl sites for hydroxylation is 1. The summed E-state index contributed by atoms with van der Waals surface area (Å²) in [5.41, 5.74) is 2.89. The third kappa shape index (κ3) is 5.70. The minimum atomic E-state index is -0.208. The van der Waals surface area contributed by atoms with Crippen LogP contribution in [0.5, 0.6) is 0 Å². The van der Waals surface area contributed by atoms with Gasteiger partial charge in [0, 0.05) is 24.2 Å². The van der Waals surface area contributed by atoms with E-state index in [0.29, 0.717) is 18.0 Å². The number of rotatable bonds is 6. The molecule has 2 rings (SSSR count). The number of carbonyl (C=O) groups is 2. The molecule has 4 nitrogen and oxygen atoms in total. The molecular formula is C19H21ClN2O2. The van der Waals surface area contributed by atoms with Crippen molar-refractivity contribution in [3.8, 4) is 0 Å². The maximum atomic E-state index is 12.2. The minimum absolute atomic E-state index is 0.0315. The molecule has 0 spiro atoms. The van der Waals surface area contributed by atoms with Gasteiger partial charge in [-0.2, -0.15) is 0 Å². The Morgan fingerprint density at radius 3 is 2.46 bits per heavy atom. The lowest BCUT2D eigenvalue weighted by molar-refractivity contribution is -0.132. The number of hydrogen-bond acceptors (Lipinski definition) is 2. The van der Waals surface area contributed by atoms with Crippen LogP contribution in [0, 0.1) is 6.92 Å². The van der Waals surface area contributed by atoms with Crippen molar-refractivity contribution >= 4 is 29.1 Å². The first-order valence-electron chi connectivity index (χ1n) is 7.80. The second kappa shape index (κ2) is 8.50. The molecule has 0 aliphatic heterocycles. The van der Waals surface area contributed by atoms with Crippen molar-refractivity contribution < 1.29 is 9.59 Å². The van der Waals surface area contributed by atoms with Crippen molar-refractivity contribution in [2.45, 2.75) is 20.3 Å². The third-order valence-corrected chi connectivity index (χ3v) is 3.91. The zero-order valence-electron chi connectivity index (χ0n) is 13.9. The highest BCUT2D eigenvalue weighted by molar-refractivity contribution is 6.30. The molecule has 2 amide bonds. The van der Waals surface area contributed by atoms with Crippen LogP contribution in [0.4, 0.5) is 5.69 Å². The lowest BCUT2D eigenvalue weighted by Gasteiger charge is -2.20. The Bertz CT molecular complexity index is 714. The predicted octanol–water partition coefficient (Wildman–Crippen LogP) is 3.68. The van der Waals surface area contributed by atoms with Crippen molar-refractivity contribution in [2.75, 3.05) is 18.4 Å². The molecule has 0 saturated heterocycles. The van der Waals surface area contributed by atoms with Crippen molar-refractivity contribution in [2.24, 2.45) is 0 Å². The van der Waals surface area contributed by atoms with Gasteiger partial charge in [0.05, 0.1) is 6.54 Å². The fourth-order valence-corrected chi connectivity index (χ4v) is 2.53. The molecule has 0 atom stereocenters. The molecule has 0 heterocycles. The average molecular weight is 345 g/mol. The number of benzene rings is 2. The van der Waals surface area contributed by atoms with Crippen LogP contribution in [0.3, 0.4) is 0 Å². The monoisotopic (exact) mass is 344 g/mol. The molecule has 2 aromatic carbocycles. The maximum absolute atomic E-state index is 12.2. The van der Waals surface area contributed by atoms with Crippen molar-refractivity contribution in [1.82, 2.24) is 4.90 Å². The van der Waals surface area contributed by atoms with Gasteiger partial charge >= 0.3 is 0 Å². The van der Waals surface area contributed by atoms with E-state index in [1.165, 1.54) is 11.8 Å². The van der Waals surface area contributed by atoms with E-state index in [2.05, 4.69) is 5.32 Å². The molecule has 0 unspecified atom stereocenters. The van der Waals surface area contributed by atoms with Crippen molar-refractivity contribution in [1.29, 1.82) is 0 Å². The Morgan fingerprint density at radius 2 is 1.83 bits per heavy atom. The molecule has 0 aliphatic carbocycles. The predicted molar refractivity (Wildman–Crippen MR) is 97.2 cm³/mol. The lowest BCUT2D eigenvalue weighted by atomic mass is 10.1. The summed E-state index contributed by atoms with van der Waals surface area (Å²) < 4.78 is 0. The van der Waals surface area contributed by atoms with Gasteiger partial charge in [0.1, 0.15) is 0 Å². The van der Waals surface area contributed by atoms with Gasteiger partial charge in [0.2, 0.25) is 11.8 Å². The van der Waals surface area contributed by atoms with Crippen LogP contribution in [-0.4, -0.2) is 29.8 Å². The minimum Gasteiger partial charge on any atom is -0.333 e. The van der Waals surface area contributed by atoms with Crippen LogP contribution in [0.25, 0.3) is 0 Å². The summed E-state index contributed by atoms with van der Waals surface area (Å²) >= 11 is 5.96. The summed E-state index contributed by atoms with van der Waals surface area (Å²) in [7, 11) is 0. The van der Waals surface area contributed by atoms with Gasteiger partial charge in [0.15, 0.2) is 0 Å². The normalized spacial score (nSPS) is 10.3. The Kier molecular flexibility index (Phi) is 6.38. The zero-order chi connectivity index (χ0) is 17.5. The van der Waals surface area contributed by atoms with Crippen LogP contribution >= 0.6 is 11.6 Å². The van der Waals surface area contributed by atoms with Crippen LogP contribution in [0.15, 0.2) is 48.5 Å². The van der Waals surface area contributed by atoms with Crippen LogP contribution in [0.1, 0.15) is 18.1 Å². The van der Waals surface area contributed by atoms with Crippen LogP contribution < -0.4 is 5.32 Å². The zero-order valence-corrected chi connectivity index (χ0v) is 14.6. The standard InChI is InChI=1S/C19H21ClN2O2/c1-14-6-8-18(9-7-14)21-19(24)13-22(15(2)23)11-10-16-4-3-5-17(20)12-16/h3-9,12H,10-11,13H2,1-2H3,(H,21,24). The van der Waals surface area contributed by atoms with E-state index >= 15 is 0 Å². The molecular weight excluding hydrogens is 324 g/mol. The number of nitrogens with zero attached hydrogens (tertiary/aromatic N) is 1. The number of carbonyl (C=O) groups excluding carboxylic acids is 2. The number of anilines is 1. The van der Waals surface area contributed by atoms with E-state index < -0.39 is 0 Å². The van der Waals surface area contributed by atoms with E-state index in [4.69, 9.17) is 11.6 Å². The average Bonchev–Trinajstić information content (AvgIpc) is 2.53. The second-order valence-electron chi connectivity index (χ2n) is 5.73. The number of amides is 2.